The van der Waals surface area contributed by atoms with Gasteiger partial charge in [0.2, 0.25) is 0 Å². The summed E-state index contributed by atoms with van der Waals surface area (Å²) in [5.74, 6) is 0. The van der Waals surface area contributed by atoms with Gasteiger partial charge in [0.25, 0.3) is 0 Å². The van der Waals surface area contributed by atoms with Crippen LogP contribution in [0.25, 0.3) is 237 Å². The second-order valence-corrected chi connectivity index (χ2v) is 45.3. The Bertz CT molecular complexity index is 10700. The lowest BCUT2D eigenvalue weighted by Crippen LogP contribution is -2.25. The fraction of sp³-hybridized carbons (Fsp3) is 0.00730. The van der Waals surface area contributed by atoms with Gasteiger partial charge < -0.3 is 23.5 Å². The summed E-state index contributed by atoms with van der Waals surface area (Å²) in [7, 11) is 0. The monoisotopic (exact) mass is 1990 g/mol. The first kappa shape index (κ1) is 84.0. The number of para-hydroxylation sites is 3. The zero-order valence-electron chi connectivity index (χ0n) is 79.5. The zero-order valence-corrected chi connectivity index (χ0v) is 84.3. The highest BCUT2D eigenvalue weighted by atomic mass is 32.1. The molecule has 0 amide bonds. The fourth-order valence-electron chi connectivity index (χ4n) is 25.2. The Morgan fingerprint density at radius 1 is 0.162 bits per heavy atom. The van der Waals surface area contributed by atoms with E-state index < -0.39 is 0 Å². The molecule has 0 saturated carbocycles. The lowest BCUT2D eigenvalue weighted by molar-refractivity contribution is 0.793. The Balaban J connectivity index is 0.0000000986. The minimum absolute atomic E-state index is 0.342. The topological polar surface area (TPSA) is 21.3 Å². The summed E-state index contributed by atoms with van der Waals surface area (Å²) >= 11 is 11.5. The van der Waals surface area contributed by atoms with E-state index in [4.69, 9.17) is 0 Å². The number of nitrogens with zero attached hydrogens (tertiary/aromatic N) is 5. The molecular weight excluding hydrogens is 1910 g/mol. The average molecular weight is 1990 g/mol. The van der Waals surface area contributed by atoms with Crippen molar-refractivity contribution in [3.63, 3.8) is 0 Å². The molecule has 1 spiro atoms. The highest BCUT2D eigenvalue weighted by molar-refractivity contribution is 7.30. The van der Waals surface area contributed by atoms with E-state index in [1.165, 1.54) is 253 Å². The van der Waals surface area contributed by atoms with Gasteiger partial charge in [0.05, 0.1) is 44.2 Å². The fourth-order valence-corrected chi connectivity index (χ4v) is 32.7. The van der Waals surface area contributed by atoms with E-state index >= 15 is 0 Å². The SMILES string of the molecule is c1ccc(N(c2ccc(-n3c4ccc5c6ccccc6sc5c4c4c5sc6ccccc6c5ccc43)cc2)c2cccc3ccccc23)cc1.c1ccc(N(c2ccccc2)c2ccc(-n3c4ccc5c6ccccc6sc5c4c4c5sc6ccccc6c5ccc43)cc2)cc1.c1ccc2c(c1)-c1ccccc1C21c2ccccc2-c2cc(-n3c4ccc5c6ccccc6sc5c4c4c5sc6ccccc6c5ccc43)ccc21. The first-order valence-corrected chi connectivity index (χ1v) is 55.3. The van der Waals surface area contributed by atoms with Crippen LogP contribution in [0, 0.1) is 0 Å². The largest absolute Gasteiger partial charge is 0.311 e. The first-order chi connectivity index (χ1) is 73.4. The third-order valence-corrected chi connectivity index (χ3v) is 38.6. The highest BCUT2D eigenvalue weighted by Crippen LogP contribution is 2.64. The maximum absolute atomic E-state index is 2.54. The van der Waals surface area contributed by atoms with Crippen LogP contribution in [-0.2, 0) is 5.41 Å². The van der Waals surface area contributed by atoms with Crippen LogP contribution in [0.1, 0.15) is 22.3 Å². The van der Waals surface area contributed by atoms with E-state index in [0.29, 0.717) is 0 Å². The van der Waals surface area contributed by atoms with Gasteiger partial charge in [-0.05, 0) is 226 Å². The maximum atomic E-state index is 2.54. The molecule has 9 aromatic heterocycles. The van der Waals surface area contributed by atoms with E-state index in [1.807, 2.05) is 68.0 Å². The first-order valence-electron chi connectivity index (χ1n) is 50.4. The third-order valence-electron chi connectivity index (χ3n) is 31.4. The van der Waals surface area contributed by atoms with Gasteiger partial charge in [0, 0.05) is 204 Å². The molecule has 148 heavy (non-hydrogen) atoms. The van der Waals surface area contributed by atoms with Gasteiger partial charge in [-0.15, -0.1) is 68.0 Å². The second kappa shape index (κ2) is 32.8. The lowest BCUT2D eigenvalue weighted by Gasteiger charge is -2.30. The molecule has 0 radical (unpaired) electrons. The summed E-state index contributed by atoms with van der Waals surface area (Å²) in [4.78, 5) is 4.69. The van der Waals surface area contributed by atoms with E-state index in [-0.39, 0.29) is 5.41 Å². The molecule has 5 nitrogen and oxygen atoms in total. The van der Waals surface area contributed by atoms with Gasteiger partial charge in [-0.25, -0.2) is 0 Å². The number of hydrogen-bond donors (Lipinski definition) is 0. The molecule has 0 saturated heterocycles. The Hall–Kier alpha value is -17.4. The Kier molecular flexibility index (Phi) is 18.6. The molecule has 0 bridgehead atoms. The number of anilines is 6. The molecule has 2 aliphatic rings. The predicted molar refractivity (Wildman–Crippen MR) is 643 cm³/mol. The predicted octanol–water partition coefficient (Wildman–Crippen LogP) is 41.0. The quantitative estimate of drug-likeness (QED) is 0.144. The van der Waals surface area contributed by atoms with Crippen LogP contribution in [-0.4, -0.2) is 13.7 Å². The minimum Gasteiger partial charge on any atom is -0.311 e. The third kappa shape index (κ3) is 12.2. The van der Waals surface area contributed by atoms with Crippen LogP contribution < -0.4 is 9.80 Å². The molecule has 32 aromatic rings. The van der Waals surface area contributed by atoms with Crippen molar-refractivity contribution in [2.45, 2.75) is 5.41 Å². The van der Waals surface area contributed by atoms with Crippen molar-refractivity contribution in [2.24, 2.45) is 0 Å². The maximum Gasteiger partial charge on any atom is 0.0725 e. The van der Waals surface area contributed by atoms with Crippen LogP contribution in [0.15, 0.2) is 491 Å². The number of benzene rings is 23. The standard InChI is InChI=1S/C49H27NS2.C46H28N2S2.C42H26N2S2/c1-6-16-37-29(11-1)30-12-2-7-17-38(30)49(37)39-18-8-3-13-31(39)36-27-28(21-24-40(36)49)50-41-25-22-34-32-14-4-9-19-43(32)51-47(34)45(41)46-42(50)26-23-35-33-15-5-10-20-44(33)52-48(35)46;1-2-13-30(14-3-1)47(38-18-10-12-29-11-4-5-15-33(29)38)31-21-23-32(24-22-31)48-39-27-25-36-34-16-6-8-19-41(34)49-45(36)43(39)44-40(48)28-26-37-35-17-7-9-20-42(35)50-46(37)44;1-3-11-27(12-4-1)43(28-13-5-2-6-14-28)29-19-21-30(22-20-29)44-35-25-23-33-31-15-7-9-17-37(31)45-41(33)39(35)40-36(44)26-24-34-32-16-8-10-18-38(32)46-42(34)40/h1-27H;1-28H;1-26H. The van der Waals surface area contributed by atoms with Gasteiger partial charge in [0.1, 0.15) is 0 Å². The second-order valence-electron chi connectivity index (χ2n) is 38.9. The van der Waals surface area contributed by atoms with Crippen molar-refractivity contribution in [1.29, 1.82) is 0 Å². The van der Waals surface area contributed by atoms with Gasteiger partial charge in [0.15, 0.2) is 0 Å². The van der Waals surface area contributed by atoms with Crippen LogP contribution in [0.4, 0.5) is 34.1 Å². The average Bonchev–Trinajstić information content (AvgIpc) is 1.50. The molecule has 9 heterocycles. The van der Waals surface area contributed by atoms with E-state index in [2.05, 4.69) is 515 Å². The highest BCUT2D eigenvalue weighted by Gasteiger charge is 2.52. The summed E-state index contributed by atoms with van der Waals surface area (Å²) in [6.45, 7) is 0. The molecule has 0 unspecified atom stereocenters. The molecule has 11 heteroatoms. The normalized spacial score (nSPS) is 12.6. The van der Waals surface area contributed by atoms with Crippen molar-refractivity contribution in [3.05, 3.63) is 514 Å². The summed E-state index contributed by atoms with van der Waals surface area (Å²) in [6.07, 6.45) is 0. The summed E-state index contributed by atoms with van der Waals surface area (Å²) in [5.41, 5.74) is 28.3. The zero-order chi connectivity index (χ0) is 96.7. The Labute approximate surface area is 873 Å². The van der Waals surface area contributed by atoms with Gasteiger partial charge >= 0.3 is 0 Å². The Morgan fingerprint density at radius 2 is 0.405 bits per heavy atom. The molecule has 690 valence electrons. The minimum atomic E-state index is -0.342. The van der Waals surface area contributed by atoms with Crippen molar-refractivity contribution in [3.8, 4) is 39.3 Å². The van der Waals surface area contributed by atoms with E-state index in [0.717, 1.165) is 39.8 Å². The molecule has 23 aromatic carbocycles. The smallest absolute Gasteiger partial charge is 0.0725 e. The lowest BCUT2D eigenvalue weighted by atomic mass is 9.70. The van der Waals surface area contributed by atoms with E-state index in [1.54, 1.807) is 0 Å². The summed E-state index contributed by atoms with van der Waals surface area (Å²) in [6, 6.07) is 181. The van der Waals surface area contributed by atoms with Gasteiger partial charge in [-0.2, -0.15) is 0 Å². The molecular formula is C137H81N5S6. The van der Waals surface area contributed by atoms with Crippen LogP contribution in [0.3, 0.4) is 0 Å². The van der Waals surface area contributed by atoms with Gasteiger partial charge in [-0.3, -0.25) is 0 Å². The van der Waals surface area contributed by atoms with Crippen molar-refractivity contribution in [2.75, 3.05) is 9.80 Å². The van der Waals surface area contributed by atoms with Crippen LogP contribution >= 0.6 is 68.0 Å². The summed E-state index contributed by atoms with van der Waals surface area (Å²) in [5, 5.41) is 26.6. The summed E-state index contributed by atoms with van der Waals surface area (Å²) < 4.78 is 23.7. The number of hydrogen-bond acceptors (Lipinski definition) is 8. The van der Waals surface area contributed by atoms with Crippen molar-refractivity contribution >= 4 is 299 Å². The molecule has 0 fully saturated rings. The Morgan fingerprint density at radius 3 is 0.743 bits per heavy atom. The number of rotatable bonds is 9. The molecule has 34 rings (SSSR count). The van der Waals surface area contributed by atoms with Crippen LogP contribution in [0.2, 0.25) is 0 Å². The van der Waals surface area contributed by atoms with Gasteiger partial charge in [-0.1, -0.05) is 315 Å². The molecule has 0 atom stereocenters. The molecule has 0 aliphatic heterocycles. The van der Waals surface area contributed by atoms with Crippen molar-refractivity contribution in [1.82, 2.24) is 13.7 Å². The number of aromatic nitrogens is 3. The van der Waals surface area contributed by atoms with Crippen LogP contribution in [0.5, 0.6) is 0 Å². The number of fused-ring (bicyclic) bond motifs is 44. The van der Waals surface area contributed by atoms with Crippen molar-refractivity contribution < 1.29 is 0 Å². The van der Waals surface area contributed by atoms with E-state index in [9.17, 15) is 0 Å². The molecule has 2 aliphatic carbocycles. The number of thiophene rings is 6. The molecule has 0 N–H and O–H groups in total.